The van der Waals surface area contributed by atoms with Gasteiger partial charge in [0.15, 0.2) is 0 Å². The van der Waals surface area contributed by atoms with Gasteiger partial charge in [-0.1, -0.05) is 34.1 Å². The van der Waals surface area contributed by atoms with Crippen molar-refractivity contribution in [2.45, 2.75) is 72.3 Å². The maximum Gasteiger partial charge on any atom is 0.00647 e. The average molecular weight is 254 g/mol. The molecule has 0 radical (unpaired) electrons. The van der Waals surface area contributed by atoms with Crippen LogP contribution in [0.2, 0.25) is 0 Å². The second-order valence-corrected chi connectivity index (χ2v) is 6.31. The van der Waals surface area contributed by atoms with Gasteiger partial charge in [-0.2, -0.15) is 0 Å². The first-order valence-corrected chi connectivity index (χ1v) is 8.09. The summed E-state index contributed by atoms with van der Waals surface area (Å²) in [4.78, 5) is 2.68. The Bertz CT molecular complexity index is 207. The Balaban J connectivity index is 2.14. The second kappa shape index (κ2) is 8.16. The van der Waals surface area contributed by atoms with Crippen molar-refractivity contribution >= 4 is 0 Å². The predicted molar refractivity (Wildman–Crippen MR) is 81.1 cm³/mol. The van der Waals surface area contributed by atoms with Crippen molar-refractivity contribution in [2.75, 3.05) is 26.2 Å². The zero-order valence-corrected chi connectivity index (χ0v) is 13.1. The fraction of sp³-hybridized carbons (Fsp3) is 1.00. The van der Waals surface area contributed by atoms with Crippen molar-refractivity contribution in [3.8, 4) is 0 Å². The van der Waals surface area contributed by atoms with E-state index in [1.54, 1.807) is 0 Å². The lowest BCUT2D eigenvalue weighted by molar-refractivity contribution is 0.112. The van der Waals surface area contributed by atoms with Crippen molar-refractivity contribution in [3.63, 3.8) is 0 Å². The van der Waals surface area contributed by atoms with Crippen LogP contribution in [-0.2, 0) is 0 Å². The molecule has 0 spiro atoms. The minimum Gasteiger partial charge on any atom is -0.314 e. The number of nitrogens with one attached hydrogen (secondary N) is 1. The van der Waals surface area contributed by atoms with Gasteiger partial charge >= 0.3 is 0 Å². The van der Waals surface area contributed by atoms with Gasteiger partial charge in [0.25, 0.3) is 0 Å². The van der Waals surface area contributed by atoms with Crippen LogP contribution in [0.5, 0.6) is 0 Å². The molecule has 1 N–H and O–H groups in total. The van der Waals surface area contributed by atoms with E-state index in [1.165, 1.54) is 58.2 Å². The van der Waals surface area contributed by atoms with Gasteiger partial charge in [-0.05, 0) is 63.7 Å². The molecule has 1 rings (SSSR count). The average Bonchev–Trinajstić information content (AvgIpc) is 2.40. The predicted octanol–water partition coefficient (Wildman–Crippen LogP) is 3.67. The van der Waals surface area contributed by atoms with Gasteiger partial charge in [0.2, 0.25) is 0 Å². The molecule has 1 atom stereocenters. The maximum atomic E-state index is 3.57. The monoisotopic (exact) mass is 254 g/mol. The Kier molecular flexibility index (Phi) is 7.25. The topological polar surface area (TPSA) is 15.3 Å². The molecule has 0 bridgehead atoms. The fourth-order valence-corrected chi connectivity index (χ4v) is 2.97. The molecule has 0 aliphatic carbocycles. The summed E-state index contributed by atoms with van der Waals surface area (Å²) in [7, 11) is 0. The molecule has 2 nitrogen and oxygen atoms in total. The van der Waals surface area contributed by atoms with Gasteiger partial charge in [-0.3, -0.25) is 0 Å². The maximum absolute atomic E-state index is 3.57. The minimum absolute atomic E-state index is 0.631. The molecule has 2 heteroatoms. The summed E-state index contributed by atoms with van der Waals surface area (Å²) in [6.07, 6.45) is 8.10. The first-order valence-electron chi connectivity index (χ1n) is 8.09. The number of hydrogen-bond acceptors (Lipinski definition) is 2. The van der Waals surface area contributed by atoms with Crippen LogP contribution in [0, 0.1) is 5.41 Å². The Labute approximate surface area is 115 Å². The third kappa shape index (κ3) is 5.27. The van der Waals surface area contributed by atoms with Crippen LogP contribution < -0.4 is 5.32 Å². The van der Waals surface area contributed by atoms with Crippen LogP contribution in [0.25, 0.3) is 0 Å². The van der Waals surface area contributed by atoms with Crippen LogP contribution in [0.3, 0.4) is 0 Å². The largest absolute Gasteiger partial charge is 0.314 e. The molecule has 1 saturated heterocycles. The zero-order valence-electron chi connectivity index (χ0n) is 13.1. The molecule has 18 heavy (non-hydrogen) atoms. The number of likely N-dealkylation sites (tertiary alicyclic amines) is 1. The van der Waals surface area contributed by atoms with Crippen LogP contribution in [0.15, 0.2) is 0 Å². The van der Waals surface area contributed by atoms with E-state index in [0.29, 0.717) is 5.41 Å². The van der Waals surface area contributed by atoms with Gasteiger partial charge < -0.3 is 10.2 Å². The number of nitrogens with zero attached hydrogens (tertiary/aromatic N) is 1. The van der Waals surface area contributed by atoms with E-state index in [9.17, 15) is 0 Å². The summed E-state index contributed by atoms with van der Waals surface area (Å²) >= 11 is 0. The molecule has 0 aromatic rings. The molecule has 0 aromatic heterocycles. The fourth-order valence-electron chi connectivity index (χ4n) is 2.97. The summed E-state index contributed by atoms with van der Waals surface area (Å²) in [5, 5.41) is 3.57. The summed E-state index contributed by atoms with van der Waals surface area (Å²) in [6.45, 7) is 14.4. The molecule has 1 unspecified atom stereocenters. The highest BCUT2D eigenvalue weighted by molar-refractivity contribution is 4.81. The van der Waals surface area contributed by atoms with Crippen LogP contribution in [-0.4, -0.2) is 37.1 Å². The molecule has 0 amide bonds. The Morgan fingerprint density at radius 3 is 2.33 bits per heavy atom. The van der Waals surface area contributed by atoms with Crippen LogP contribution >= 0.6 is 0 Å². The van der Waals surface area contributed by atoms with Crippen molar-refractivity contribution < 1.29 is 0 Å². The lowest BCUT2D eigenvalue weighted by atomic mass is 9.78. The summed E-state index contributed by atoms with van der Waals surface area (Å²) < 4.78 is 0. The van der Waals surface area contributed by atoms with Crippen molar-refractivity contribution in [1.82, 2.24) is 10.2 Å². The smallest absolute Gasteiger partial charge is 0.00647 e. The molecule has 1 heterocycles. The van der Waals surface area contributed by atoms with E-state index in [1.807, 2.05) is 0 Å². The quantitative estimate of drug-likeness (QED) is 0.711. The van der Waals surface area contributed by atoms with Gasteiger partial charge in [-0.25, -0.2) is 0 Å². The number of rotatable bonds is 8. The lowest BCUT2D eigenvalue weighted by Crippen LogP contribution is -2.39. The highest BCUT2D eigenvalue weighted by Crippen LogP contribution is 2.33. The first-order chi connectivity index (χ1) is 8.63. The molecule has 1 aliphatic rings. The van der Waals surface area contributed by atoms with E-state index >= 15 is 0 Å². The minimum atomic E-state index is 0.631. The van der Waals surface area contributed by atoms with Crippen LogP contribution in [0.4, 0.5) is 0 Å². The van der Waals surface area contributed by atoms with Crippen molar-refractivity contribution in [3.05, 3.63) is 0 Å². The number of piperidine rings is 1. The highest BCUT2D eigenvalue weighted by Gasteiger charge is 2.27. The first kappa shape index (κ1) is 16.0. The van der Waals surface area contributed by atoms with Crippen molar-refractivity contribution in [1.29, 1.82) is 0 Å². The Morgan fingerprint density at radius 1 is 1.17 bits per heavy atom. The SMILES string of the molecule is CCNC(CC)CCCN1CCC(C)(CC)CC1. The van der Waals surface area contributed by atoms with Crippen molar-refractivity contribution in [2.24, 2.45) is 5.41 Å². The molecular formula is C16H34N2. The van der Waals surface area contributed by atoms with Gasteiger partial charge in [0.1, 0.15) is 0 Å². The van der Waals surface area contributed by atoms with E-state index in [2.05, 4.69) is 37.9 Å². The zero-order chi connectivity index (χ0) is 13.4. The molecule has 1 aliphatic heterocycles. The van der Waals surface area contributed by atoms with E-state index in [0.717, 1.165) is 12.6 Å². The molecule has 0 aromatic carbocycles. The van der Waals surface area contributed by atoms with E-state index in [4.69, 9.17) is 0 Å². The molecule has 108 valence electrons. The standard InChI is InChI=1S/C16H34N2/c1-5-15(17-7-3)9-8-12-18-13-10-16(4,6-2)11-14-18/h15,17H,5-14H2,1-4H3. The lowest BCUT2D eigenvalue weighted by Gasteiger charge is -2.39. The molecule has 0 saturated carbocycles. The van der Waals surface area contributed by atoms with E-state index in [-0.39, 0.29) is 0 Å². The number of hydrogen-bond donors (Lipinski definition) is 1. The summed E-state index contributed by atoms with van der Waals surface area (Å²) in [6, 6.07) is 0.737. The van der Waals surface area contributed by atoms with Gasteiger partial charge in [0, 0.05) is 6.04 Å². The van der Waals surface area contributed by atoms with Crippen LogP contribution in [0.1, 0.15) is 66.2 Å². The molecule has 1 fully saturated rings. The highest BCUT2D eigenvalue weighted by atomic mass is 15.1. The normalized spacial score (nSPS) is 22.0. The molecular weight excluding hydrogens is 220 g/mol. The third-order valence-electron chi connectivity index (χ3n) is 4.93. The van der Waals surface area contributed by atoms with E-state index < -0.39 is 0 Å². The van der Waals surface area contributed by atoms with Gasteiger partial charge in [0.05, 0.1) is 0 Å². The summed E-state index contributed by atoms with van der Waals surface area (Å²) in [5.41, 5.74) is 0.631. The Morgan fingerprint density at radius 2 is 1.83 bits per heavy atom. The van der Waals surface area contributed by atoms with Gasteiger partial charge in [-0.15, -0.1) is 0 Å². The summed E-state index contributed by atoms with van der Waals surface area (Å²) in [5.74, 6) is 0. The Hall–Kier alpha value is -0.0800. The second-order valence-electron chi connectivity index (χ2n) is 6.31. The third-order valence-corrected chi connectivity index (χ3v) is 4.93.